The van der Waals surface area contributed by atoms with E-state index < -0.39 is 17.4 Å². The predicted molar refractivity (Wildman–Crippen MR) is 118 cm³/mol. The number of thiophene rings is 1. The van der Waals surface area contributed by atoms with E-state index >= 15 is 0 Å². The third-order valence-electron chi connectivity index (χ3n) is 5.82. The van der Waals surface area contributed by atoms with Crippen LogP contribution in [0.25, 0.3) is 0 Å². The molecular formula is C23H30N2O4S. The first kappa shape index (κ1) is 22.3. The largest absolute Gasteiger partial charge is 0.481 e. The quantitative estimate of drug-likeness (QED) is 0.487. The molecule has 0 fully saturated rings. The van der Waals surface area contributed by atoms with Gasteiger partial charge in [-0.05, 0) is 44.2 Å². The third-order valence-corrected chi connectivity index (χ3v) is 7.11. The molecule has 0 amide bonds. The first-order valence-corrected chi connectivity index (χ1v) is 11.5. The normalized spacial score (nSPS) is 15.0. The summed E-state index contributed by atoms with van der Waals surface area (Å²) >= 11 is 1.48. The van der Waals surface area contributed by atoms with Gasteiger partial charge in [0.2, 0.25) is 0 Å². The van der Waals surface area contributed by atoms with Crippen LogP contribution in [0, 0.1) is 0 Å². The number of carboxylic acid groups (broad SMARTS) is 2. The number of unbranched alkanes of at least 4 members (excludes halogenated alkanes) is 2. The summed E-state index contributed by atoms with van der Waals surface area (Å²) in [6.45, 7) is 4.78. The first-order valence-electron chi connectivity index (χ1n) is 10.7. The molecule has 3 rings (SSSR count). The monoisotopic (exact) mass is 430 g/mol. The van der Waals surface area contributed by atoms with Gasteiger partial charge in [-0.1, -0.05) is 38.8 Å². The summed E-state index contributed by atoms with van der Waals surface area (Å²) in [6, 6.07) is 3.84. The molecule has 0 spiro atoms. The van der Waals surface area contributed by atoms with E-state index in [2.05, 4.69) is 18.9 Å². The molecule has 0 atom stereocenters. The Kier molecular flexibility index (Phi) is 7.13. The number of aliphatic carboxylic acids is 1. The number of carboxylic acids is 2. The second-order valence-electron chi connectivity index (χ2n) is 7.97. The maximum absolute atomic E-state index is 12.1. The lowest BCUT2D eigenvalue weighted by Crippen LogP contribution is -2.31. The Morgan fingerprint density at radius 3 is 2.43 bits per heavy atom. The zero-order valence-corrected chi connectivity index (χ0v) is 18.5. The van der Waals surface area contributed by atoms with Crippen LogP contribution >= 0.6 is 11.3 Å². The Labute approximate surface area is 181 Å². The van der Waals surface area contributed by atoms with Crippen molar-refractivity contribution in [2.75, 3.05) is 0 Å². The second-order valence-corrected chi connectivity index (χ2v) is 9.14. The molecule has 2 aromatic rings. The average molecular weight is 431 g/mol. The molecule has 0 radical (unpaired) electrons. The van der Waals surface area contributed by atoms with Crippen LogP contribution in [0.15, 0.2) is 24.3 Å². The molecule has 0 saturated carbocycles. The van der Waals surface area contributed by atoms with Crippen LogP contribution in [-0.2, 0) is 29.6 Å². The molecule has 0 aromatic carbocycles. The molecule has 30 heavy (non-hydrogen) atoms. The Bertz CT molecular complexity index is 933. The highest BCUT2D eigenvalue weighted by Crippen LogP contribution is 2.41. The minimum atomic E-state index is -0.949. The number of carbonyl (C=O) groups is 2. The van der Waals surface area contributed by atoms with Gasteiger partial charge in [-0.25, -0.2) is 4.79 Å². The topological polar surface area (TPSA) is 92.4 Å². The van der Waals surface area contributed by atoms with Gasteiger partial charge in [-0.2, -0.15) is 5.10 Å². The van der Waals surface area contributed by atoms with E-state index in [1.165, 1.54) is 11.3 Å². The van der Waals surface area contributed by atoms with Crippen LogP contribution in [0.1, 0.15) is 83.9 Å². The van der Waals surface area contributed by atoms with Gasteiger partial charge in [-0.15, -0.1) is 11.3 Å². The molecule has 1 aliphatic rings. The number of aryl methyl sites for hydroxylation is 2. The molecule has 1 aliphatic carbocycles. The highest BCUT2D eigenvalue weighted by molar-refractivity contribution is 7.12. The summed E-state index contributed by atoms with van der Waals surface area (Å²) in [5.74, 6) is -1.75. The number of aromatic carboxylic acids is 1. The van der Waals surface area contributed by atoms with Crippen molar-refractivity contribution in [3.63, 3.8) is 0 Å². The van der Waals surface area contributed by atoms with Crippen LogP contribution < -0.4 is 0 Å². The lowest BCUT2D eigenvalue weighted by Gasteiger charge is -2.22. The van der Waals surface area contributed by atoms with E-state index in [0.29, 0.717) is 25.8 Å². The van der Waals surface area contributed by atoms with Crippen molar-refractivity contribution in [2.45, 2.75) is 77.2 Å². The van der Waals surface area contributed by atoms with E-state index in [9.17, 15) is 19.8 Å². The van der Waals surface area contributed by atoms with Crippen LogP contribution in [0.2, 0.25) is 0 Å². The van der Waals surface area contributed by atoms with Crippen LogP contribution in [0.5, 0.6) is 0 Å². The SMILES string of the molecule is CCCCc1nn(CCCC)c(C(=O)O)c1Cc1ccc(C2(C(=O)O)CC=CC2)s1. The van der Waals surface area contributed by atoms with Crippen molar-refractivity contribution < 1.29 is 19.8 Å². The van der Waals surface area contributed by atoms with E-state index in [-0.39, 0.29) is 5.69 Å². The maximum Gasteiger partial charge on any atom is 0.354 e. The number of hydrogen-bond acceptors (Lipinski definition) is 4. The first-order chi connectivity index (χ1) is 14.4. The smallest absolute Gasteiger partial charge is 0.354 e. The van der Waals surface area contributed by atoms with E-state index in [1.54, 1.807) is 4.68 Å². The molecule has 0 aliphatic heterocycles. The number of nitrogens with zero attached hydrogens (tertiary/aromatic N) is 2. The number of hydrogen-bond donors (Lipinski definition) is 2. The molecule has 0 saturated heterocycles. The van der Waals surface area contributed by atoms with Gasteiger partial charge < -0.3 is 10.2 Å². The predicted octanol–water partition coefficient (Wildman–Crippen LogP) is 5.05. The summed E-state index contributed by atoms with van der Waals surface area (Å²) in [5.41, 5.74) is 1.03. The van der Waals surface area contributed by atoms with Gasteiger partial charge in [0.05, 0.1) is 5.69 Å². The third kappa shape index (κ3) is 4.36. The maximum atomic E-state index is 12.1. The van der Waals surface area contributed by atoms with Crippen molar-refractivity contribution in [1.29, 1.82) is 0 Å². The number of allylic oxidation sites excluding steroid dienone is 2. The lowest BCUT2D eigenvalue weighted by molar-refractivity contribution is -0.143. The fourth-order valence-electron chi connectivity index (χ4n) is 4.03. The van der Waals surface area contributed by atoms with Gasteiger partial charge in [0.15, 0.2) is 0 Å². The fraction of sp³-hybridized carbons (Fsp3) is 0.522. The van der Waals surface area contributed by atoms with Crippen LogP contribution in [-0.4, -0.2) is 31.9 Å². The highest BCUT2D eigenvalue weighted by Gasteiger charge is 2.42. The standard InChI is InChI=1S/C23H30N2O4S/c1-3-5-9-18-17(20(21(26)27)25(24-18)14-6-4-2)15-16-10-11-19(30-16)23(22(28)29)12-7-8-13-23/h7-8,10-11H,3-6,9,12-15H2,1-2H3,(H,26,27)(H,28,29). The molecule has 2 N–H and O–H groups in total. The molecule has 7 heteroatoms. The summed E-state index contributed by atoms with van der Waals surface area (Å²) < 4.78 is 1.65. The Morgan fingerprint density at radius 2 is 1.83 bits per heavy atom. The minimum absolute atomic E-state index is 0.278. The Balaban J connectivity index is 1.95. The van der Waals surface area contributed by atoms with E-state index in [1.807, 2.05) is 24.3 Å². The molecule has 2 heterocycles. The van der Waals surface area contributed by atoms with Gasteiger partial charge in [0, 0.05) is 28.3 Å². The van der Waals surface area contributed by atoms with Crippen molar-refractivity contribution in [1.82, 2.24) is 9.78 Å². The highest BCUT2D eigenvalue weighted by atomic mass is 32.1. The molecule has 6 nitrogen and oxygen atoms in total. The van der Waals surface area contributed by atoms with Crippen LogP contribution in [0.3, 0.4) is 0 Å². The molecule has 2 aromatic heterocycles. The summed E-state index contributed by atoms with van der Waals surface area (Å²) in [5, 5.41) is 24.4. The molecular weight excluding hydrogens is 400 g/mol. The zero-order chi connectivity index (χ0) is 21.7. The Morgan fingerprint density at radius 1 is 1.13 bits per heavy atom. The van der Waals surface area contributed by atoms with E-state index in [4.69, 9.17) is 0 Å². The summed E-state index contributed by atoms with van der Waals surface area (Å²) in [4.78, 5) is 25.9. The summed E-state index contributed by atoms with van der Waals surface area (Å²) in [7, 11) is 0. The average Bonchev–Trinajstić information content (AvgIpc) is 3.44. The summed E-state index contributed by atoms with van der Waals surface area (Å²) in [6.07, 6.45) is 9.91. The van der Waals surface area contributed by atoms with Gasteiger partial charge >= 0.3 is 11.9 Å². The fourth-order valence-corrected chi connectivity index (χ4v) is 5.25. The van der Waals surface area contributed by atoms with Gasteiger partial charge in [0.25, 0.3) is 0 Å². The van der Waals surface area contributed by atoms with Gasteiger partial charge in [0.1, 0.15) is 11.1 Å². The van der Waals surface area contributed by atoms with Crippen molar-refractivity contribution >= 4 is 23.3 Å². The van der Waals surface area contributed by atoms with Crippen LogP contribution in [0.4, 0.5) is 0 Å². The molecule has 0 bridgehead atoms. The number of aromatic nitrogens is 2. The number of rotatable bonds is 11. The minimum Gasteiger partial charge on any atom is -0.481 e. The van der Waals surface area contributed by atoms with Crippen molar-refractivity contribution in [3.8, 4) is 0 Å². The van der Waals surface area contributed by atoms with Crippen molar-refractivity contribution in [3.05, 3.63) is 51.0 Å². The Hall–Kier alpha value is -2.41. The zero-order valence-electron chi connectivity index (χ0n) is 17.7. The van der Waals surface area contributed by atoms with Gasteiger partial charge in [-0.3, -0.25) is 9.48 Å². The van der Waals surface area contributed by atoms with Crippen molar-refractivity contribution in [2.24, 2.45) is 0 Å². The second kappa shape index (κ2) is 9.60. The molecule has 162 valence electrons. The van der Waals surface area contributed by atoms with E-state index in [0.717, 1.165) is 53.1 Å². The lowest BCUT2D eigenvalue weighted by atomic mass is 9.84. The molecule has 0 unspecified atom stereocenters.